The van der Waals surface area contributed by atoms with E-state index in [1.807, 2.05) is 19.1 Å². The van der Waals surface area contributed by atoms with Crippen LogP contribution in [0.3, 0.4) is 0 Å². The van der Waals surface area contributed by atoms with Gasteiger partial charge in [0.25, 0.3) is 0 Å². The van der Waals surface area contributed by atoms with E-state index in [9.17, 15) is 9.59 Å². The highest BCUT2D eigenvalue weighted by Crippen LogP contribution is 2.38. The average Bonchev–Trinajstić information content (AvgIpc) is 3.12. The average molecular weight is 374 g/mol. The Hall–Kier alpha value is -2.12. The number of anilines is 2. The SMILES string of the molecule is CCNC(=O)Nc1cccc(NC(=O)CC2(N3CCOCC3)CCCC2)c1. The number of carbonyl (C=O) groups excluding carboxylic acids is 2. The van der Waals surface area contributed by atoms with Crippen LogP contribution in [-0.2, 0) is 9.53 Å². The summed E-state index contributed by atoms with van der Waals surface area (Å²) in [6, 6.07) is 7.00. The molecule has 0 radical (unpaired) electrons. The fourth-order valence-corrected chi connectivity index (χ4v) is 4.19. The summed E-state index contributed by atoms with van der Waals surface area (Å²) >= 11 is 0. The number of amides is 3. The van der Waals surface area contributed by atoms with Crippen molar-refractivity contribution in [2.75, 3.05) is 43.5 Å². The Balaban J connectivity index is 1.61. The summed E-state index contributed by atoms with van der Waals surface area (Å²) in [5.74, 6) is 0.0264. The van der Waals surface area contributed by atoms with E-state index in [-0.39, 0.29) is 17.5 Å². The van der Waals surface area contributed by atoms with Crippen LogP contribution in [0.5, 0.6) is 0 Å². The first-order valence-electron chi connectivity index (χ1n) is 9.89. The van der Waals surface area contributed by atoms with Crippen LogP contribution in [0.25, 0.3) is 0 Å². The summed E-state index contributed by atoms with van der Waals surface area (Å²) in [7, 11) is 0. The topological polar surface area (TPSA) is 82.7 Å². The summed E-state index contributed by atoms with van der Waals surface area (Å²) in [6.45, 7) is 5.72. The predicted octanol–water partition coefficient (Wildman–Crippen LogP) is 2.80. The number of morpholine rings is 1. The Morgan fingerprint density at radius 3 is 2.44 bits per heavy atom. The van der Waals surface area contributed by atoms with E-state index < -0.39 is 0 Å². The first-order chi connectivity index (χ1) is 13.1. The van der Waals surface area contributed by atoms with Crippen molar-refractivity contribution < 1.29 is 14.3 Å². The van der Waals surface area contributed by atoms with Crippen LogP contribution in [0.2, 0.25) is 0 Å². The highest BCUT2D eigenvalue weighted by molar-refractivity contribution is 5.94. The van der Waals surface area contributed by atoms with Crippen molar-refractivity contribution in [3.05, 3.63) is 24.3 Å². The van der Waals surface area contributed by atoms with Gasteiger partial charge in [-0.05, 0) is 38.0 Å². The largest absolute Gasteiger partial charge is 0.379 e. The van der Waals surface area contributed by atoms with Crippen molar-refractivity contribution in [1.82, 2.24) is 10.2 Å². The summed E-state index contributed by atoms with van der Waals surface area (Å²) in [5.41, 5.74) is 1.32. The van der Waals surface area contributed by atoms with Gasteiger partial charge in [-0.25, -0.2) is 4.79 Å². The van der Waals surface area contributed by atoms with Gasteiger partial charge in [0.1, 0.15) is 0 Å². The quantitative estimate of drug-likeness (QED) is 0.715. The first kappa shape index (κ1) is 19.6. The van der Waals surface area contributed by atoms with Gasteiger partial charge in [0.05, 0.1) is 13.2 Å². The maximum absolute atomic E-state index is 12.8. The lowest BCUT2D eigenvalue weighted by Crippen LogP contribution is -2.53. The molecular formula is C20H30N4O3. The van der Waals surface area contributed by atoms with Crippen molar-refractivity contribution in [1.29, 1.82) is 0 Å². The summed E-state index contributed by atoms with van der Waals surface area (Å²) < 4.78 is 5.49. The van der Waals surface area contributed by atoms with E-state index in [1.165, 1.54) is 12.8 Å². The number of ether oxygens (including phenoxy) is 1. The van der Waals surface area contributed by atoms with E-state index in [0.29, 0.717) is 24.3 Å². The highest BCUT2D eigenvalue weighted by atomic mass is 16.5. The molecule has 0 atom stereocenters. The normalized spacial score (nSPS) is 19.4. The Kier molecular flexibility index (Phi) is 6.68. The monoisotopic (exact) mass is 374 g/mol. The number of hydrogen-bond acceptors (Lipinski definition) is 4. The van der Waals surface area contributed by atoms with Crippen LogP contribution in [0, 0.1) is 0 Å². The Bertz CT molecular complexity index is 652. The molecule has 27 heavy (non-hydrogen) atoms. The number of nitrogens with zero attached hydrogens (tertiary/aromatic N) is 1. The molecule has 1 heterocycles. The minimum Gasteiger partial charge on any atom is -0.379 e. The van der Waals surface area contributed by atoms with Crippen LogP contribution < -0.4 is 16.0 Å². The van der Waals surface area contributed by atoms with Gasteiger partial charge in [0.2, 0.25) is 5.91 Å². The highest BCUT2D eigenvalue weighted by Gasteiger charge is 2.41. The molecule has 1 aromatic carbocycles. The van der Waals surface area contributed by atoms with Gasteiger partial charge >= 0.3 is 6.03 Å². The van der Waals surface area contributed by atoms with Gasteiger partial charge in [0.15, 0.2) is 0 Å². The summed E-state index contributed by atoms with van der Waals surface area (Å²) in [5, 5.41) is 8.47. The minimum atomic E-state index is -0.252. The molecule has 0 spiro atoms. The first-order valence-corrected chi connectivity index (χ1v) is 9.89. The van der Waals surface area contributed by atoms with Gasteiger partial charge in [-0.2, -0.15) is 0 Å². The zero-order valence-electron chi connectivity index (χ0n) is 16.1. The van der Waals surface area contributed by atoms with Crippen LogP contribution >= 0.6 is 0 Å². The lowest BCUT2D eigenvalue weighted by Gasteiger charge is -2.43. The number of rotatable bonds is 6. The van der Waals surface area contributed by atoms with Crippen molar-refractivity contribution in [3.63, 3.8) is 0 Å². The number of urea groups is 1. The molecule has 1 aromatic rings. The van der Waals surface area contributed by atoms with Crippen molar-refractivity contribution in [3.8, 4) is 0 Å². The summed E-state index contributed by atoms with van der Waals surface area (Å²) in [4.78, 5) is 26.9. The van der Waals surface area contributed by atoms with Crippen molar-refractivity contribution >= 4 is 23.3 Å². The zero-order chi connectivity index (χ0) is 19.1. The van der Waals surface area contributed by atoms with Gasteiger partial charge < -0.3 is 20.7 Å². The molecule has 148 valence electrons. The second-order valence-electron chi connectivity index (χ2n) is 7.32. The van der Waals surface area contributed by atoms with Gasteiger partial charge in [-0.3, -0.25) is 9.69 Å². The molecule has 3 amide bonds. The fraction of sp³-hybridized carbons (Fsp3) is 0.600. The maximum atomic E-state index is 12.8. The van der Waals surface area contributed by atoms with Crippen LogP contribution in [-0.4, -0.2) is 55.2 Å². The number of nitrogens with one attached hydrogen (secondary N) is 3. The fourth-order valence-electron chi connectivity index (χ4n) is 4.19. The summed E-state index contributed by atoms with van der Waals surface area (Å²) in [6.07, 6.45) is 4.99. The number of carbonyl (C=O) groups is 2. The Labute approximate surface area is 160 Å². The Morgan fingerprint density at radius 1 is 1.11 bits per heavy atom. The molecule has 2 aliphatic rings. The van der Waals surface area contributed by atoms with Crippen LogP contribution in [0.15, 0.2) is 24.3 Å². The molecule has 1 saturated carbocycles. The van der Waals surface area contributed by atoms with Gasteiger partial charge in [-0.1, -0.05) is 18.9 Å². The van der Waals surface area contributed by atoms with E-state index in [2.05, 4.69) is 20.9 Å². The van der Waals surface area contributed by atoms with E-state index in [0.717, 1.165) is 39.1 Å². The van der Waals surface area contributed by atoms with Crippen molar-refractivity contribution in [2.45, 2.75) is 44.6 Å². The second kappa shape index (κ2) is 9.19. The third kappa shape index (κ3) is 5.20. The molecule has 7 nitrogen and oxygen atoms in total. The van der Waals surface area contributed by atoms with E-state index in [1.54, 1.807) is 12.1 Å². The standard InChI is InChI=1S/C20H30N4O3/c1-2-21-19(26)23-17-7-5-6-16(14-17)22-18(25)15-20(8-3-4-9-20)24-10-12-27-13-11-24/h5-7,14H,2-4,8-13,15H2,1H3,(H,22,25)(H2,21,23,26). The molecule has 3 N–H and O–H groups in total. The second-order valence-corrected chi connectivity index (χ2v) is 7.32. The molecule has 0 unspecified atom stereocenters. The molecule has 1 aliphatic carbocycles. The van der Waals surface area contributed by atoms with Crippen molar-refractivity contribution in [2.24, 2.45) is 0 Å². The lowest BCUT2D eigenvalue weighted by molar-refractivity contribution is -0.120. The zero-order valence-corrected chi connectivity index (χ0v) is 16.1. The molecule has 7 heteroatoms. The molecule has 0 bridgehead atoms. The molecule has 0 aromatic heterocycles. The molecule has 3 rings (SSSR count). The smallest absolute Gasteiger partial charge is 0.319 e. The molecule has 1 saturated heterocycles. The molecule has 2 fully saturated rings. The molecular weight excluding hydrogens is 344 g/mol. The lowest BCUT2D eigenvalue weighted by atomic mass is 9.90. The van der Waals surface area contributed by atoms with Gasteiger partial charge in [-0.15, -0.1) is 0 Å². The molecule has 1 aliphatic heterocycles. The van der Waals surface area contributed by atoms with Gasteiger partial charge in [0, 0.05) is 43.0 Å². The number of hydrogen-bond donors (Lipinski definition) is 3. The third-order valence-electron chi connectivity index (χ3n) is 5.45. The minimum absolute atomic E-state index is 0.0264. The number of benzene rings is 1. The third-order valence-corrected chi connectivity index (χ3v) is 5.45. The van der Waals surface area contributed by atoms with Crippen LogP contribution in [0.1, 0.15) is 39.0 Å². The predicted molar refractivity (Wildman–Crippen MR) is 106 cm³/mol. The van der Waals surface area contributed by atoms with Crippen LogP contribution in [0.4, 0.5) is 16.2 Å². The van der Waals surface area contributed by atoms with E-state index in [4.69, 9.17) is 4.74 Å². The Morgan fingerprint density at radius 2 is 1.78 bits per heavy atom. The maximum Gasteiger partial charge on any atom is 0.319 e. The van der Waals surface area contributed by atoms with E-state index >= 15 is 0 Å².